The topological polar surface area (TPSA) is 3.24 Å². The van der Waals surface area contributed by atoms with Crippen molar-refractivity contribution in [2.24, 2.45) is 5.92 Å². The van der Waals surface area contributed by atoms with Gasteiger partial charge in [0.15, 0.2) is 0 Å². The van der Waals surface area contributed by atoms with E-state index in [1.54, 1.807) is 11.3 Å². The molecule has 26 heavy (non-hydrogen) atoms. The molecule has 152 valence electrons. The second-order valence-electron chi connectivity index (χ2n) is 8.76. The average Bonchev–Trinajstić information content (AvgIpc) is 2.63. The van der Waals surface area contributed by atoms with E-state index < -0.39 is 0 Å². The van der Waals surface area contributed by atoms with Gasteiger partial charge in [-0.1, -0.05) is 83.8 Å². The predicted molar refractivity (Wildman–Crippen MR) is 119 cm³/mol. The highest BCUT2D eigenvalue weighted by molar-refractivity contribution is 5.22. The molecule has 2 atom stereocenters. The number of hydrogen-bond donors (Lipinski definition) is 0. The third-order valence-corrected chi connectivity index (χ3v) is 6.74. The fourth-order valence-electron chi connectivity index (χ4n) is 4.93. The van der Waals surface area contributed by atoms with E-state index in [0.717, 1.165) is 12.5 Å². The van der Waals surface area contributed by atoms with Gasteiger partial charge in [0.1, 0.15) is 0 Å². The van der Waals surface area contributed by atoms with Crippen molar-refractivity contribution in [3.8, 4) is 0 Å². The molecule has 1 nitrogen and oxygen atoms in total. The van der Waals surface area contributed by atoms with Crippen LogP contribution in [0.1, 0.15) is 118 Å². The van der Waals surface area contributed by atoms with Crippen LogP contribution in [0, 0.1) is 5.92 Å². The van der Waals surface area contributed by atoms with E-state index in [0.29, 0.717) is 5.54 Å². The van der Waals surface area contributed by atoms with Crippen LogP contribution in [-0.4, -0.2) is 17.0 Å². The van der Waals surface area contributed by atoms with Crippen LogP contribution in [0.3, 0.4) is 0 Å². The van der Waals surface area contributed by atoms with Crippen molar-refractivity contribution in [3.63, 3.8) is 0 Å². The first-order valence-electron chi connectivity index (χ1n) is 11.6. The normalized spacial score (nSPS) is 23.6. The Balaban J connectivity index is 3.06. The van der Waals surface area contributed by atoms with Crippen LogP contribution < -0.4 is 0 Å². The second-order valence-corrected chi connectivity index (χ2v) is 8.76. The lowest BCUT2D eigenvalue weighted by Gasteiger charge is -2.53. The molecule has 0 radical (unpaired) electrons. The zero-order chi connectivity index (χ0) is 19.4. The molecule has 0 aromatic heterocycles. The number of rotatable bonds is 14. The van der Waals surface area contributed by atoms with Crippen molar-refractivity contribution in [1.82, 2.24) is 4.90 Å². The highest BCUT2D eigenvalue weighted by atomic mass is 15.2. The Labute approximate surface area is 165 Å². The van der Waals surface area contributed by atoms with Crippen molar-refractivity contribution < 1.29 is 0 Å². The zero-order valence-corrected chi connectivity index (χ0v) is 18.7. The van der Waals surface area contributed by atoms with E-state index in [2.05, 4.69) is 52.2 Å². The molecule has 1 heteroatoms. The Morgan fingerprint density at radius 1 is 1.00 bits per heavy atom. The van der Waals surface area contributed by atoms with Gasteiger partial charge in [-0.2, -0.15) is 0 Å². The SMILES string of the molecule is C=CCN1C(C)=C(CCCCC)CC(CCCCC)C1(C)CCCCC. The third-order valence-electron chi connectivity index (χ3n) is 6.74. The first-order chi connectivity index (χ1) is 12.5. The number of unbranched alkanes of at least 4 members (excludes halogenated alkanes) is 6. The van der Waals surface area contributed by atoms with Gasteiger partial charge in [0.25, 0.3) is 0 Å². The van der Waals surface area contributed by atoms with Crippen LogP contribution in [0.25, 0.3) is 0 Å². The monoisotopic (exact) mass is 361 g/mol. The summed E-state index contributed by atoms with van der Waals surface area (Å²) in [6.07, 6.45) is 19.7. The molecule has 0 aromatic carbocycles. The van der Waals surface area contributed by atoms with Gasteiger partial charge in [-0.25, -0.2) is 0 Å². The summed E-state index contributed by atoms with van der Waals surface area (Å²) in [5.41, 5.74) is 3.64. The van der Waals surface area contributed by atoms with Crippen molar-refractivity contribution in [2.45, 2.75) is 124 Å². The molecule has 0 fully saturated rings. The van der Waals surface area contributed by atoms with Gasteiger partial charge in [-0.05, 0) is 51.9 Å². The summed E-state index contributed by atoms with van der Waals surface area (Å²) in [5, 5.41) is 0. The summed E-state index contributed by atoms with van der Waals surface area (Å²) in [5.74, 6) is 0.811. The van der Waals surface area contributed by atoms with Gasteiger partial charge in [0.05, 0.1) is 0 Å². The molecular weight excluding hydrogens is 314 g/mol. The Hall–Kier alpha value is -0.720. The lowest BCUT2D eigenvalue weighted by Crippen LogP contribution is -2.53. The summed E-state index contributed by atoms with van der Waals surface area (Å²) in [6, 6.07) is 0. The number of allylic oxidation sites excluding steroid dienone is 2. The van der Waals surface area contributed by atoms with E-state index in [4.69, 9.17) is 0 Å². The minimum absolute atomic E-state index is 0.315. The largest absolute Gasteiger partial charge is 0.366 e. The van der Waals surface area contributed by atoms with Crippen LogP contribution in [-0.2, 0) is 0 Å². The van der Waals surface area contributed by atoms with E-state index in [9.17, 15) is 0 Å². The van der Waals surface area contributed by atoms with Crippen molar-refractivity contribution in [3.05, 3.63) is 23.9 Å². The van der Waals surface area contributed by atoms with Gasteiger partial charge in [-0.3, -0.25) is 0 Å². The number of nitrogens with zero attached hydrogens (tertiary/aromatic N) is 1. The molecule has 2 unspecified atom stereocenters. The average molecular weight is 362 g/mol. The van der Waals surface area contributed by atoms with Gasteiger partial charge < -0.3 is 4.90 Å². The van der Waals surface area contributed by atoms with E-state index in [1.165, 1.54) is 83.5 Å². The lowest BCUT2D eigenvalue weighted by molar-refractivity contribution is 0.0520. The maximum Gasteiger partial charge on any atom is 0.0405 e. The number of hydrogen-bond acceptors (Lipinski definition) is 1. The smallest absolute Gasteiger partial charge is 0.0405 e. The van der Waals surface area contributed by atoms with Crippen LogP contribution in [0.5, 0.6) is 0 Å². The molecule has 0 bridgehead atoms. The molecule has 0 N–H and O–H groups in total. The van der Waals surface area contributed by atoms with Crippen molar-refractivity contribution in [1.29, 1.82) is 0 Å². The van der Waals surface area contributed by atoms with Gasteiger partial charge in [-0.15, -0.1) is 6.58 Å². The summed E-state index contributed by atoms with van der Waals surface area (Å²) in [4.78, 5) is 2.75. The Bertz CT molecular complexity index is 422. The van der Waals surface area contributed by atoms with Gasteiger partial charge in [0.2, 0.25) is 0 Å². The Morgan fingerprint density at radius 2 is 1.62 bits per heavy atom. The Morgan fingerprint density at radius 3 is 2.23 bits per heavy atom. The van der Waals surface area contributed by atoms with E-state index in [1.807, 2.05) is 0 Å². The Kier molecular flexibility index (Phi) is 11.3. The van der Waals surface area contributed by atoms with Gasteiger partial charge >= 0.3 is 0 Å². The quantitative estimate of drug-likeness (QED) is 0.222. The summed E-state index contributed by atoms with van der Waals surface area (Å²) in [7, 11) is 0. The molecule has 0 aliphatic carbocycles. The van der Waals surface area contributed by atoms with Crippen LogP contribution in [0.2, 0.25) is 0 Å². The molecule has 1 rings (SSSR count). The molecule has 0 amide bonds. The minimum Gasteiger partial charge on any atom is -0.366 e. The molecule has 0 aromatic rings. The summed E-state index contributed by atoms with van der Waals surface area (Å²) in [6.45, 7) is 17.0. The lowest BCUT2D eigenvalue weighted by atomic mass is 9.70. The molecule has 0 spiro atoms. The molecule has 1 aliphatic heterocycles. The fraction of sp³-hybridized carbons (Fsp3) is 0.840. The van der Waals surface area contributed by atoms with E-state index >= 15 is 0 Å². The second kappa shape index (κ2) is 12.6. The highest BCUT2D eigenvalue weighted by Crippen LogP contribution is 2.45. The zero-order valence-electron chi connectivity index (χ0n) is 18.7. The van der Waals surface area contributed by atoms with Crippen LogP contribution in [0.4, 0.5) is 0 Å². The molecule has 1 aliphatic rings. The maximum absolute atomic E-state index is 4.09. The first-order valence-corrected chi connectivity index (χ1v) is 11.6. The minimum atomic E-state index is 0.315. The maximum atomic E-state index is 4.09. The fourth-order valence-corrected chi connectivity index (χ4v) is 4.93. The standard InChI is InChI=1S/C25H47N/c1-7-11-14-17-23-21-24(18-15-12-8-2)25(6,19-16-13-9-3)26(20-10-4)22(23)5/h10,24H,4,7-9,11-21H2,1-3,5-6H3. The van der Waals surface area contributed by atoms with E-state index in [-0.39, 0.29) is 0 Å². The predicted octanol–water partition coefficient (Wildman–Crippen LogP) is 8.27. The molecule has 0 saturated carbocycles. The first kappa shape index (κ1) is 23.3. The third kappa shape index (κ3) is 6.46. The molecule has 0 saturated heterocycles. The van der Waals surface area contributed by atoms with Crippen molar-refractivity contribution in [2.75, 3.05) is 6.54 Å². The van der Waals surface area contributed by atoms with Crippen molar-refractivity contribution >= 4 is 0 Å². The highest BCUT2D eigenvalue weighted by Gasteiger charge is 2.42. The molecule has 1 heterocycles. The molecular formula is C25H47N. The summed E-state index contributed by atoms with van der Waals surface area (Å²) >= 11 is 0. The van der Waals surface area contributed by atoms with Gasteiger partial charge in [0, 0.05) is 17.8 Å². The van der Waals surface area contributed by atoms with Crippen LogP contribution in [0.15, 0.2) is 23.9 Å². The van der Waals surface area contributed by atoms with Crippen LogP contribution >= 0.6 is 0 Å². The summed E-state index contributed by atoms with van der Waals surface area (Å²) < 4.78 is 0.